The first-order valence-corrected chi connectivity index (χ1v) is 5.91. The minimum absolute atomic E-state index is 0. The maximum absolute atomic E-state index is 11.9. The highest BCUT2D eigenvalue weighted by Crippen LogP contribution is 2.07. The molecule has 2 rings (SSSR count). The van der Waals surface area contributed by atoms with Crippen molar-refractivity contribution in [2.75, 3.05) is 5.32 Å². The number of carbonyl (C=O) groups is 1. The van der Waals surface area contributed by atoms with Crippen molar-refractivity contribution in [2.45, 2.75) is 12.5 Å². The number of anilines is 1. The summed E-state index contributed by atoms with van der Waals surface area (Å²) in [6, 6.07) is 18.6. The summed E-state index contributed by atoms with van der Waals surface area (Å²) in [5.41, 5.74) is 7.72. The smallest absolute Gasteiger partial charge is 0.241 e. The highest BCUT2D eigenvalue weighted by molar-refractivity contribution is 5.94. The number of amides is 1. The number of hydrogen-bond donors (Lipinski definition) is 2. The first-order chi connectivity index (χ1) is 8.75. The maximum atomic E-state index is 11.9. The molecule has 0 aliphatic carbocycles. The Bertz CT molecular complexity index is 502. The predicted octanol–water partition coefficient (Wildman–Crippen LogP) is 2.62. The molecule has 100 valence electrons. The summed E-state index contributed by atoms with van der Waals surface area (Å²) in [6.45, 7) is 0. The van der Waals surface area contributed by atoms with Crippen LogP contribution in [0.5, 0.6) is 0 Å². The van der Waals surface area contributed by atoms with Gasteiger partial charge in [-0.2, -0.15) is 0 Å². The highest BCUT2D eigenvalue weighted by Gasteiger charge is 2.13. The van der Waals surface area contributed by atoms with Crippen LogP contribution in [0.15, 0.2) is 60.7 Å². The van der Waals surface area contributed by atoms with E-state index in [1.807, 2.05) is 60.7 Å². The van der Waals surface area contributed by atoms with E-state index >= 15 is 0 Å². The molecule has 3 nitrogen and oxygen atoms in total. The molecule has 0 radical (unpaired) electrons. The Morgan fingerprint density at radius 2 is 1.53 bits per heavy atom. The highest BCUT2D eigenvalue weighted by atomic mass is 35.5. The van der Waals surface area contributed by atoms with E-state index in [2.05, 4.69) is 5.32 Å². The second-order valence-corrected chi connectivity index (χ2v) is 4.15. The molecule has 1 atom stereocenters. The molecule has 4 heteroatoms. The van der Waals surface area contributed by atoms with Crippen LogP contribution in [0, 0.1) is 0 Å². The Morgan fingerprint density at radius 3 is 2.11 bits per heavy atom. The molecule has 2 aromatic rings. The van der Waals surface area contributed by atoms with Crippen molar-refractivity contribution < 1.29 is 4.79 Å². The molecule has 0 aromatic heterocycles. The van der Waals surface area contributed by atoms with Crippen LogP contribution in [-0.4, -0.2) is 11.9 Å². The van der Waals surface area contributed by atoms with Crippen LogP contribution in [0.2, 0.25) is 0 Å². The number of rotatable bonds is 4. The minimum atomic E-state index is -0.535. The lowest BCUT2D eigenvalue weighted by atomic mass is 10.1. The van der Waals surface area contributed by atoms with E-state index < -0.39 is 6.04 Å². The van der Waals surface area contributed by atoms with Crippen molar-refractivity contribution >= 4 is 24.0 Å². The van der Waals surface area contributed by atoms with Gasteiger partial charge in [-0.25, -0.2) is 0 Å². The van der Waals surface area contributed by atoms with Crippen LogP contribution in [0.4, 0.5) is 5.69 Å². The second kappa shape index (κ2) is 7.56. The number of nitrogens with one attached hydrogen (secondary N) is 1. The zero-order valence-electron chi connectivity index (χ0n) is 10.5. The summed E-state index contributed by atoms with van der Waals surface area (Å²) in [5.74, 6) is -0.162. The largest absolute Gasteiger partial charge is 0.325 e. The first-order valence-electron chi connectivity index (χ1n) is 5.91. The van der Waals surface area contributed by atoms with Crippen LogP contribution in [0.25, 0.3) is 0 Å². The van der Waals surface area contributed by atoms with Crippen LogP contribution in [-0.2, 0) is 11.2 Å². The number of carbonyl (C=O) groups excluding carboxylic acids is 1. The van der Waals surface area contributed by atoms with Gasteiger partial charge >= 0.3 is 0 Å². The van der Waals surface area contributed by atoms with Gasteiger partial charge in [0.1, 0.15) is 0 Å². The molecule has 0 aliphatic rings. The number of para-hydroxylation sites is 1. The third-order valence-corrected chi connectivity index (χ3v) is 2.68. The standard InChI is InChI=1S/C15H16N2O.ClH/c16-14(11-12-7-3-1-4-8-12)15(18)17-13-9-5-2-6-10-13;/h1-10,14H,11,16H2,(H,17,18);1H/t14-;/m1./s1. The van der Waals surface area contributed by atoms with Crippen molar-refractivity contribution in [3.63, 3.8) is 0 Å². The van der Waals surface area contributed by atoms with Gasteiger partial charge in [-0.15, -0.1) is 12.4 Å². The first kappa shape index (κ1) is 15.2. The molecule has 0 aliphatic heterocycles. The minimum Gasteiger partial charge on any atom is -0.325 e. The van der Waals surface area contributed by atoms with Crippen LogP contribution >= 0.6 is 12.4 Å². The predicted molar refractivity (Wildman–Crippen MR) is 80.4 cm³/mol. The summed E-state index contributed by atoms with van der Waals surface area (Å²) in [4.78, 5) is 11.9. The Balaban J connectivity index is 0.00000180. The summed E-state index contributed by atoms with van der Waals surface area (Å²) in [6.07, 6.45) is 0.541. The summed E-state index contributed by atoms with van der Waals surface area (Å²) >= 11 is 0. The van der Waals surface area contributed by atoms with Crippen LogP contribution in [0.1, 0.15) is 5.56 Å². The molecule has 0 saturated heterocycles. The lowest BCUT2D eigenvalue weighted by Crippen LogP contribution is -2.37. The van der Waals surface area contributed by atoms with E-state index in [9.17, 15) is 4.79 Å². The molecule has 1 amide bonds. The van der Waals surface area contributed by atoms with Crippen molar-refractivity contribution in [3.8, 4) is 0 Å². The SMILES string of the molecule is Cl.N[C@H](Cc1ccccc1)C(=O)Nc1ccccc1. The van der Waals surface area contributed by atoms with E-state index in [0.717, 1.165) is 11.3 Å². The number of benzene rings is 2. The summed E-state index contributed by atoms with van der Waals surface area (Å²) in [5, 5.41) is 2.80. The number of nitrogens with two attached hydrogens (primary N) is 1. The zero-order valence-corrected chi connectivity index (χ0v) is 11.3. The maximum Gasteiger partial charge on any atom is 0.241 e. The molecule has 3 N–H and O–H groups in total. The Hall–Kier alpha value is -1.84. The number of hydrogen-bond acceptors (Lipinski definition) is 2. The zero-order chi connectivity index (χ0) is 12.8. The average Bonchev–Trinajstić information content (AvgIpc) is 2.41. The lowest BCUT2D eigenvalue weighted by Gasteiger charge is -2.12. The molecule has 2 aromatic carbocycles. The molecule has 0 unspecified atom stereocenters. The fourth-order valence-electron chi connectivity index (χ4n) is 1.72. The number of halogens is 1. The molecular formula is C15H17ClN2O. The second-order valence-electron chi connectivity index (χ2n) is 4.15. The van der Waals surface area contributed by atoms with Crippen LogP contribution in [0.3, 0.4) is 0 Å². The van der Waals surface area contributed by atoms with Crippen molar-refractivity contribution in [2.24, 2.45) is 5.73 Å². The third-order valence-electron chi connectivity index (χ3n) is 2.68. The van der Waals surface area contributed by atoms with Gasteiger partial charge in [0, 0.05) is 5.69 Å². The van der Waals surface area contributed by atoms with Gasteiger partial charge in [-0.3, -0.25) is 4.79 Å². The van der Waals surface area contributed by atoms with Gasteiger partial charge in [0.2, 0.25) is 5.91 Å². The molecular weight excluding hydrogens is 260 g/mol. The molecule has 0 saturated carbocycles. The lowest BCUT2D eigenvalue weighted by molar-refractivity contribution is -0.117. The Kier molecular flexibility index (Phi) is 6.06. The van der Waals surface area contributed by atoms with E-state index in [1.54, 1.807) is 0 Å². The van der Waals surface area contributed by atoms with Gasteiger partial charge in [0.05, 0.1) is 6.04 Å². The van der Waals surface area contributed by atoms with Crippen molar-refractivity contribution in [3.05, 3.63) is 66.2 Å². The van der Waals surface area contributed by atoms with E-state index in [1.165, 1.54) is 0 Å². The van der Waals surface area contributed by atoms with Crippen molar-refractivity contribution in [1.29, 1.82) is 0 Å². The molecule has 19 heavy (non-hydrogen) atoms. The molecule has 0 fully saturated rings. The Morgan fingerprint density at radius 1 is 1.00 bits per heavy atom. The van der Waals surface area contributed by atoms with Gasteiger partial charge in [-0.05, 0) is 24.1 Å². The quantitative estimate of drug-likeness (QED) is 0.902. The molecule has 0 spiro atoms. The van der Waals surface area contributed by atoms with Gasteiger partial charge in [0.25, 0.3) is 0 Å². The van der Waals surface area contributed by atoms with Crippen molar-refractivity contribution in [1.82, 2.24) is 0 Å². The monoisotopic (exact) mass is 276 g/mol. The van der Waals surface area contributed by atoms with Crippen LogP contribution < -0.4 is 11.1 Å². The normalized spacial score (nSPS) is 11.2. The van der Waals surface area contributed by atoms with Gasteiger partial charge in [0.15, 0.2) is 0 Å². The van der Waals surface area contributed by atoms with E-state index in [0.29, 0.717) is 6.42 Å². The summed E-state index contributed by atoms with van der Waals surface area (Å²) in [7, 11) is 0. The fourth-order valence-corrected chi connectivity index (χ4v) is 1.72. The Labute approximate surface area is 119 Å². The van der Waals surface area contributed by atoms with E-state index in [4.69, 9.17) is 5.73 Å². The summed E-state index contributed by atoms with van der Waals surface area (Å²) < 4.78 is 0. The fraction of sp³-hybridized carbons (Fsp3) is 0.133. The van der Waals surface area contributed by atoms with E-state index in [-0.39, 0.29) is 18.3 Å². The van der Waals surface area contributed by atoms with Gasteiger partial charge < -0.3 is 11.1 Å². The average molecular weight is 277 g/mol. The molecule has 0 heterocycles. The van der Waals surface area contributed by atoms with Gasteiger partial charge in [-0.1, -0.05) is 48.5 Å². The molecule has 0 bridgehead atoms. The third kappa shape index (κ3) is 4.73. The topological polar surface area (TPSA) is 55.1 Å².